The number of nitrogens with zero attached hydrogens (tertiary/aromatic N) is 2. The molecule has 1 aromatic heterocycles. The number of pyridine rings is 1. The fourth-order valence-corrected chi connectivity index (χ4v) is 2.07. The van der Waals surface area contributed by atoms with E-state index in [1.165, 1.54) is 6.07 Å². The first-order chi connectivity index (χ1) is 7.97. The first-order valence-electron chi connectivity index (χ1n) is 5.00. The summed E-state index contributed by atoms with van der Waals surface area (Å²) in [5.41, 5.74) is 0.159. The number of rotatable bonds is 5. The van der Waals surface area contributed by atoms with E-state index >= 15 is 0 Å². The van der Waals surface area contributed by atoms with Gasteiger partial charge in [-0.2, -0.15) is 0 Å². The van der Waals surface area contributed by atoms with Crippen LogP contribution in [0.1, 0.15) is 31.4 Å². The van der Waals surface area contributed by atoms with Gasteiger partial charge in [0.2, 0.25) is 0 Å². The van der Waals surface area contributed by atoms with Gasteiger partial charge in [-0.25, -0.2) is 0 Å². The van der Waals surface area contributed by atoms with Crippen molar-refractivity contribution in [2.75, 3.05) is 0 Å². The lowest BCUT2D eigenvalue weighted by atomic mass is 9.99. The van der Waals surface area contributed by atoms with Crippen molar-refractivity contribution in [3.8, 4) is 0 Å². The van der Waals surface area contributed by atoms with Crippen molar-refractivity contribution in [3.05, 3.63) is 32.5 Å². The number of hydrogen-bond donors (Lipinski definition) is 1. The molecule has 0 radical (unpaired) electrons. The van der Waals surface area contributed by atoms with E-state index in [0.29, 0.717) is 23.0 Å². The van der Waals surface area contributed by atoms with E-state index in [4.69, 9.17) is 5.11 Å². The maximum absolute atomic E-state index is 11.1. The number of halogens is 1. The monoisotopic (exact) mass is 302 g/mol. The molecule has 0 aromatic carbocycles. The van der Waals surface area contributed by atoms with Gasteiger partial charge in [-0.1, -0.05) is 13.3 Å². The first kappa shape index (κ1) is 13.6. The molecule has 0 spiro atoms. The van der Waals surface area contributed by atoms with Gasteiger partial charge >= 0.3 is 5.97 Å². The molecule has 0 aliphatic heterocycles. The maximum atomic E-state index is 11.1. The van der Waals surface area contributed by atoms with E-state index in [-0.39, 0.29) is 5.69 Å². The number of carboxylic acids is 1. The molecule has 1 aromatic rings. The topological polar surface area (TPSA) is 93.3 Å². The van der Waals surface area contributed by atoms with Crippen molar-refractivity contribution in [2.45, 2.75) is 25.7 Å². The van der Waals surface area contributed by atoms with Crippen LogP contribution in [0.5, 0.6) is 0 Å². The van der Waals surface area contributed by atoms with Gasteiger partial charge in [0.15, 0.2) is 0 Å². The van der Waals surface area contributed by atoms with Crippen molar-refractivity contribution < 1.29 is 14.8 Å². The zero-order valence-corrected chi connectivity index (χ0v) is 10.7. The van der Waals surface area contributed by atoms with Crippen LogP contribution in [-0.2, 0) is 4.79 Å². The number of aromatic nitrogens is 1. The third kappa shape index (κ3) is 3.23. The highest BCUT2D eigenvalue weighted by Gasteiger charge is 2.24. The lowest BCUT2D eigenvalue weighted by molar-refractivity contribution is -0.385. The lowest BCUT2D eigenvalue weighted by Crippen LogP contribution is -2.13. The molecule has 0 saturated carbocycles. The molecule has 17 heavy (non-hydrogen) atoms. The van der Waals surface area contributed by atoms with Crippen molar-refractivity contribution in [1.29, 1.82) is 0 Å². The lowest BCUT2D eigenvalue weighted by Gasteiger charge is -2.11. The van der Waals surface area contributed by atoms with E-state index in [1.807, 2.05) is 6.92 Å². The Balaban J connectivity index is 3.12. The predicted octanol–water partition coefficient (Wildman–Crippen LogP) is 2.72. The van der Waals surface area contributed by atoms with Gasteiger partial charge in [0, 0.05) is 10.5 Å². The maximum Gasteiger partial charge on any atom is 0.312 e. The summed E-state index contributed by atoms with van der Waals surface area (Å²) in [6, 6.07) is 1.27. The molecular formula is C10H11BrN2O4. The highest BCUT2D eigenvalue weighted by molar-refractivity contribution is 9.10. The van der Waals surface area contributed by atoms with Crippen LogP contribution >= 0.6 is 15.9 Å². The molecule has 1 rings (SSSR count). The molecule has 1 atom stereocenters. The SMILES string of the molecule is CCCC(C(=O)O)c1ncc([N+](=O)[O-])cc1Br. The Bertz CT molecular complexity index is 450. The quantitative estimate of drug-likeness (QED) is 0.666. The second-order valence-electron chi connectivity index (χ2n) is 3.50. The summed E-state index contributed by atoms with van der Waals surface area (Å²) in [4.78, 5) is 24.9. The van der Waals surface area contributed by atoms with Crippen LogP contribution in [0.4, 0.5) is 5.69 Å². The second kappa shape index (κ2) is 5.72. The zero-order valence-electron chi connectivity index (χ0n) is 9.09. The van der Waals surface area contributed by atoms with Crippen LogP contribution in [0.3, 0.4) is 0 Å². The molecule has 1 unspecified atom stereocenters. The molecule has 6 nitrogen and oxygen atoms in total. The summed E-state index contributed by atoms with van der Waals surface area (Å²) < 4.78 is 0.354. The minimum Gasteiger partial charge on any atom is -0.481 e. The summed E-state index contributed by atoms with van der Waals surface area (Å²) in [7, 11) is 0. The smallest absolute Gasteiger partial charge is 0.312 e. The Kier molecular flexibility index (Phi) is 4.56. The Morgan fingerprint density at radius 3 is 2.76 bits per heavy atom. The van der Waals surface area contributed by atoms with Crippen molar-refractivity contribution in [1.82, 2.24) is 4.98 Å². The Hall–Kier alpha value is -1.50. The number of nitro groups is 1. The van der Waals surface area contributed by atoms with E-state index in [0.717, 1.165) is 6.20 Å². The fourth-order valence-electron chi connectivity index (χ4n) is 1.46. The molecule has 0 aliphatic rings. The molecule has 0 saturated heterocycles. The van der Waals surface area contributed by atoms with Gasteiger partial charge in [-0.05, 0) is 22.4 Å². The van der Waals surface area contributed by atoms with Crippen molar-refractivity contribution in [3.63, 3.8) is 0 Å². The van der Waals surface area contributed by atoms with E-state index < -0.39 is 16.8 Å². The average Bonchev–Trinajstić information content (AvgIpc) is 2.26. The summed E-state index contributed by atoms with van der Waals surface area (Å²) in [6.45, 7) is 1.87. The molecule has 0 aliphatic carbocycles. The summed E-state index contributed by atoms with van der Waals surface area (Å²) in [5.74, 6) is -1.72. The molecule has 0 bridgehead atoms. The molecule has 1 N–H and O–H groups in total. The highest BCUT2D eigenvalue weighted by atomic mass is 79.9. The highest BCUT2D eigenvalue weighted by Crippen LogP contribution is 2.29. The molecule has 7 heteroatoms. The summed E-state index contributed by atoms with van der Waals surface area (Å²) in [5, 5.41) is 19.6. The standard InChI is InChI=1S/C10H11BrN2O4/c1-2-3-7(10(14)15)9-8(11)4-6(5-12-9)13(16)17/h4-5,7H,2-3H2,1H3,(H,14,15). The molecule has 0 amide bonds. The van der Waals surface area contributed by atoms with Crippen LogP contribution in [-0.4, -0.2) is 21.0 Å². The third-order valence-corrected chi connectivity index (χ3v) is 2.91. The minimum absolute atomic E-state index is 0.165. The van der Waals surface area contributed by atoms with Crippen LogP contribution < -0.4 is 0 Å². The van der Waals surface area contributed by atoms with Crippen molar-refractivity contribution in [2.24, 2.45) is 0 Å². The fraction of sp³-hybridized carbons (Fsp3) is 0.400. The molecule has 92 valence electrons. The largest absolute Gasteiger partial charge is 0.481 e. The van der Waals surface area contributed by atoms with Crippen LogP contribution in [0.15, 0.2) is 16.7 Å². The molecule has 1 heterocycles. The van der Waals surface area contributed by atoms with Gasteiger partial charge in [-0.15, -0.1) is 0 Å². The normalized spacial score (nSPS) is 12.1. The molecular weight excluding hydrogens is 292 g/mol. The zero-order chi connectivity index (χ0) is 13.0. The van der Waals surface area contributed by atoms with Crippen LogP contribution in [0.25, 0.3) is 0 Å². The number of aliphatic carboxylic acids is 1. The molecule has 0 fully saturated rings. The van der Waals surface area contributed by atoms with Gasteiger partial charge in [-0.3, -0.25) is 19.9 Å². The number of carbonyl (C=O) groups is 1. The number of carboxylic acid groups (broad SMARTS) is 1. The Morgan fingerprint density at radius 1 is 1.71 bits per heavy atom. The second-order valence-corrected chi connectivity index (χ2v) is 4.35. The van der Waals surface area contributed by atoms with E-state index in [2.05, 4.69) is 20.9 Å². The van der Waals surface area contributed by atoms with Crippen molar-refractivity contribution >= 4 is 27.6 Å². The van der Waals surface area contributed by atoms with E-state index in [1.54, 1.807) is 0 Å². The average molecular weight is 303 g/mol. The first-order valence-corrected chi connectivity index (χ1v) is 5.79. The van der Waals surface area contributed by atoms with Gasteiger partial charge < -0.3 is 5.11 Å². The summed E-state index contributed by atoms with van der Waals surface area (Å²) in [6.07, 6.45) is 2.21. The van der Waals surface area contributed by atoms with E-state index in [9.17, 15) is 14.9 Å². The van der Waals surface area contributed by atoms with Gasteiger partial charge in [0.1, 0.15) is 6.20 Å². The Labute approximate surface area is 106 Å². The Morgan fingerprint density at radius 2 is 2.35 bits per heavy atom. The van der Waals surface area contributed by atoms with Crippen LogP contribution in [0.2, 0.25) is 0 Å². The number of hydrogen-bond acceptors (Lipinski definition) is 4. The van der Waals surface area contributed by atoms with Gasteiger partial charge in [0.05, 0.1) is 16.5 Å². The third-order valence-electron chi connectivity index (χ3n) is 2.27. The van der Waals surface area contributed by atoms with Crippen LogP contribution in [0, 0.1) is 10.1 Å². The minimum atomic E-state index is -0.978. The predicted molar refractivity (Wildman–Crippen MR) is 63.9 cm³/mol. The van der Waals surface area contributed by atoms with Gasteiger partial charge in [0.25, 0.3) is 5.69 Å². The summed E-state index contributed by atoms with van der Waals surface area (Å²) >= 11 is 3.12.